The van der Waals surface area contributed by atoms with Crippen molar-refractivity contribution in [1.29, 1.82) is 0 Å². The van der Waals surface area contributed by atoms with E-state index >= 15 is 0 Å². The van der Waals surface area contributed by atoms with Gasteiger partial charge in [-0.2, -0.15) is 0 Å². The first kappa shape index (κ1) is 32.6. The Bertz CT molecular complexity index is 1300. The minimum absolute atomic E-state index is 0.0948. The maximum absolute atomic E-state index is 12.9. The molecule has 13 atom stereocenters. The fraction of sp³-hybridized carbons (Fsp3) is 0.946. The van der Waals surface area contributed by atoms with E-state index in [-0.39, 0.29) is 81.9 Å². The highest BCUT2D eigenvalue weighted by Crippen LogP contribution is 2.87. The third kappa shape index (κ3) is 4.16. The molecule has 0 aromatic heterocycles. The van der Waals surface area contributed by atoms with E-state index in [1.165, 1.54) is 0 Å². The van der Waals surface area contributed by atoms with Crippen LogP contribution in [-0.4, -0.2) is 101 Å². The fourth-order valence-electron chi connectivity index (χ4n) is 13.5. The number of β-amino-alcohol motifs (C(OH)–C–C–N with tert-alkyl or cyclic N) is 1. The zero-order valence-electron chi connectivity index (χ0n) is 29.5. The Labute approximate surface area is 280 Å². The summed E-state index contributed by atoms with van der Waals surface area (Å²) in [7, 11) is 0. The van der Waals surface area contributed by atoms with Gasteiger partial charge < -0.3 is 40.0 Å². The van der Waals surface area contributed by atoms with Crippen molar-refractivity contribution in [3.05, 3.63) is 0 Å². The number of nitrogens with two attached hydrogens (primary N) is 1. The lowest BCUT2D eigenvalue weighted by atomic mass is 9.43. The number of amides is 2. The number of likely N-dealkylation sites (tertiary alicyclic amines) is 2. The lowest BCUT2D eigenvalue weighted by Gasteiger charge is -2.63. The van der Waals surface area contributed by atoms with Gasteiger partial charge in [0.2, 0.25) is 0 Å². The predicted octanol–water partition coefficient (Wildman–Crippen LogP) is 4.54. The van der Waals surface area contributed by atoms with Gasteiger partial charge in [-0.3, -0.25) is 0 Å². The fourth-order valence-corrected chi connectivity index (χ4v) is 13.5. The molecule has 0 aromatic rings. The normalized spacial score (nSPS) is 50.1. The molecule has 2 amide bonds. The molecular weight excluding hydrogens is 598 g/mol. The first-order valence-corrected chi connectivity index (χ1v) is 18.8. The second kappa shape index (κ2) is 10.5. The molecule has 3 heterocycles. The Balaban J connectivity index is 1.03. The van der Waals surface area contributed by atoms with Gasteiger partial charge in [0.05, 0.1) is 43.0 Å². The van der Waals surface area contributed by atoms with Gasteiger partial charge in [-0.15, -0.1) is 0 Å². The molecule has 264 valence electrons. The van der Waals surface area contributed by atoms with E-state index in [2.05, 4.69) is 41.5 Å². The van der Waals surface area contributed by atoms with Crippen molar-refractivity contribution >= 4 is 12.2 Å². The Morgan fingerprint density at radius 1 is 0.936 bits per heavy atom. The molecule has 8 aliphatic rings. The Morgan fingerprint density at radius 3 is 2.26 bits per heavy atom. The molecule has 3 aliphatic heterocycles. The van der Waals surface area contributed by atoms with E-state index in [0.29, 0.717) is 19.0 Å². The Hall–Kier alpha value is -1.62. The van der Waals surface area contributed by atoms with Crippen LogP contribution in [0.15, 0.2) is 0 Å². The van der Waals surface area contributed by atoms with Crippen LogP contribution in [0.2, 0.25) is 0 Å². The number of carbonyl (C=O) groups excluding carboxylic acids is 2. The summed E-state index contributed by atoms with van der Waals surface area (Å²) >= 11 is 0. The van der Waals surface area contributed by atoms with Gasteiger partial charge in [-0.05, 0) is 104 Å². The van der Waals surface area contributed by atoms with Crippen molar-refractivity contribution < 1.29 is 34.0 Å². The standard InChI is InChI=1S/C37H59N3O7/c1-20(2)28(47-31(43)39-14-7-15-39)23-16-21(3)27-29(45-23)30(42)37(38)25-9-8-24-33(4,5)26(46-32(44)40-17-22(41)18-40)10-11-35(24)19-36(25,35)13-12-34(27,37)6/h20-30,41-42H,7-19,38H2,1-6H3. The van der Waals surface area contributed by atoms with Gasteiger partial charge in [-0.1, -0.05) is 41.5 Å². The molecule has 4 N–H and O–H groups in total. The largest absolute Gasteiger partial charge is 0.446 e. The van der Waals surface area contributed by atoms with E-state index in [1.54, 1.807) is 9.80 Å². The summed E-state index contributed by atoms with van der Waals surface area (Å²) in [6, 6.07) is 0. The highest BCUT2D eigenvalue weighted by atomic mass is 16.6. The second-order valence-corrected chi connectivity index (χ2v) is 18.6. The molecule has 8 fully saturated rings. The van der Waals surface area contributed by atoms with Crippen LogP contribution in [0.3, 0.4) is 0 Å². The minimum atomic E-state index is -0.782. The van der Waals surface area contributed by atoms with E-state index in [0.717, 1.165) is 70.9 Å². The van der Waals surface area contributed by atoms with E-state index in [1.807, 2.05) is 0 Å². The van der Waals surface area contributed by atoms with E-state index < -0.39 is 17.7 Å². The summed E-state index contributed by atoms with van der Waals surface area (Å²) in [5.74, 6) is 1.16. The average Bonchev–Trinajstić information content (AvgIpc) is 3.59. The van der Waals surface area contributed by atoms with Crippen LogP contribution in [0.4, 0.5) is 9.59 Å². The first-order chi connectivity index (χ1) is 22.1. The maximum Gasteiger partial charge on any atom is 0.410 e. The average molecular weight is 658 g/mol. The second-order valence-electron chi connectivity index (χ2n) is 18.6. The van der Waals surface area contributed by atoms with Crippen LogP contribution in [0.25, 0.3) is 0 Å². The number of hydrogen-bond donors (Lipinski definition) is 3. The molecule has 0 aromatic carbocycles. The maximum atomic E-state index is 12.9. The molecule has 3 saturated heterocycles. The van der Waals surface area contributed by atoms with Crippen LogP contribution < -0.4 is 5.73 Å². The Morgan fingerprint density at radius 2 is 1.62 bits per heavy atom. The van der Waals surface area contributed by atoms with Crippen molar-refractivity contribution in [3.63, 3.8) is 0 Å². The predicted molar refractivity (Wildman–Crippen MR) is 174 cm³/mol. The number of aliphatic hydroxyl groups excluding tert-OH is 2. The van der Waals surface area contributed by atoms with Gasteiger partial charge in [0, 0.05) is 18.5 Å². The van der Waals surface area contributed by atoms with Crippen molar-refractivity contribution in [2.45, 2.75) is 141 Å². The summed E-state index contributed by atoms with van der Waals surface area (Å²) in [4.78, 5) is 29.2. The van der Waals surface area contributed by atoms with Crippen LogP contribution in [0.1, 0.15) is 99.3 Å². The molecule has 0 bridgehead atoms. The summed E-state index contributed by atoms with van der Waals surface area (Å²) in [5, 5.41) is 22.2. The third-order valence-electron chi connectivity index (χ3n) is 16.0. The lowest BCUT2D eigenvalue weighted by Crippen LogP contribution is -2.70. The van der Waals surface area contributed by atoms with Crippen molar-refractivity contribution in [1.82, 2.24) is 9.80 Å². The topological polar surface area (TPSA) is 135 Å². The molecule has 10 heteroatoms. The zero-order chi connectivity index (χ0) is 33.5. The molecule has 47 heavy (non-hydrogen) atoms. The number of rotatable bonds is 4. The number of nitrogens with zero attached hydrogens (tertiary/aromatic N) is 2. The van der Waals surface area contributed by atoms with E-state index in [4.69, 9.17) is 19.9 Å². The van der Waals surface area contributed by atoms with Crippen molar-refractivity contribution in [2.24, 2.45) is 57.0 Å². The van der Waals surface area contributed by atoms with Gasteiger partial charge in [0.1, 0.15) is 12.2 Å². The number of aliphatic hydroxyl groups is 2. The molecule has 10 nitrogen and oxygen atoms in total. The van der Waals surface area contributed by atoms with Gasteiger partial charge in [-0.25, -0.2) is 9.59 Å². The molecular formula is C37H59N3O7. The minimum Gasteiger partial charge on any atom is -0.446 e. The summed E-state index contributed by atoms with van der Waals surface area (Å²) in [5.41, 5.74) is 6.88. The summed E-state index contributed by atoms with van der Waals surface area (Å²) < 4.78 is 19.2. The lowest BCUT2D eigenvalue weighted by molar-refractivity contribution is -0.180. The number of ether oxygens (including phenoxy) is 3. The molecule has 5 saturated carbocycles. The van der Waals surface area contributed by atoms with Crippen LogP contribution in [0, 0.1) is 51.2 Å². The van der Waals surface area contributed by atoms with E-state index in [9.17, 15) is 19.8 Å². The molecule has 2 spiro atoms. The molecule has 13 unspecified atom stereocenters. The quantitative estimate of drug-likeness (QED) is 0.401. The molecule has 5 aliphatic carbocycles. The third-order valence-corrected chi connectivity index (χ3v) is 16.0. The highest BCUT2D eigenvalue weighted by molar-refractivity contribution is 5.69. The monoisotopic (exact) mass is 657 g/mol. The number of fused-ring (bicyclic) bond motifs is 4. The van der Waals surface area contributed by atoms with Crippen molar-refractivity contribution in [2.75, 3.05) is 26.2 Å². The van der Waals surface area contributed by atoms with Gasteiger partial charge in [0.25, 0.3) is 0 Å². The summed E-state index contributed by atoms with van der Waals surface area (Å²) in [6.45, 7) is 15.7. The first-order valence-electron chi connectivity index (χ1n) is 18.8. The highest BCUT2D eigenvalue weighted by Gasteiger charge is 2.85. The van der Waals surface area contributed by atoms with Crippen LogP contribution >= 0.6 is 0 Å². The van der Waals surface area contributed by atoms with Crippen molar-refractivity contribution in [3.8, 4) is 0 Å². The SMILES string of the molecule is CC(C)C(OC(=O)N1CCC1)C1CC(C)C2C(O1)C(O)C1(N)C3CCC4C(C)(C)C(OC(=O)N5CC(O)C5)CCC45CC35CCC21C. The van der Waals surface area contributed by atoms with Gasteiger partial charge >= 0.3 is 12.2 Å². The Kier molecular flexibility index (Phi) is 7.25. The number of hydrogen-bond acceptors (Lipinski definition) is 8. The van der Waals surface area contributed by atoms with Gasteiger partial charge in [0.15, 0.2) is 0 Å². The van der Waals surface area contributed by atoms with Crippen LogP contribution in [0.5, 0.6) is 0 Å². The van der Waals surface area contributed by atoms with Crippen LogP contribution in [-0.2, 0) is 14.2 Å². The number of carbonyl (C=O) groups is 2. The smallest absolute Gasteiger partial charge is 0.410 e. The molecule has 0 radical (unpaired) electrons. The molecule has 8 rings (SSSR count). The summed E-state index contributed by atoms with van der Waals surface area (Å²) in [6.07, 6.45) is 6.02. The zero-order valence-corrected chi connectivity index (χ0v) is 29.5.